The molecule has 0 aliphatic rings. The molecule has 3 rings (SSSR count). The van der Waals surface area contributed by atoms with Gasteiger partial charge in [-0.15, -0.1) is 0 Å². The number of carbonyl (C=O) groups is 1. The van der Waals surface area contributed by atoms with Crippen molar-refractivity contribution >= 4 is 34.6 Å². The summed E-state index contributed by atoms with van der Waals surface area (Å²) in [6, 6.07) is 7.32. The van der Waals surface area contributed by atoms with Gasteiger partial charge in [-0.1, -0.05) is 16.9 Å². The predicted octanol–water partition coefficient (Wildman–Crippen LogP) is 2.99. The summed E-state index contributed by atoms with van der Waals surface area (Å²) < 4.78 is 10.4. The normalized spacial score (nSPS) is 10.9. The van der Waals surface area contributed by atoms with Crippen LogP contribution in [0.2, 0.25) is 0 Å². The average Bonchev–Trinajstić information content (AvgIpc) is 3.11. The number of nitrogens with zero attached hydrogens (tertiary/aromatic N) is 2. The minimum absolute atomic E-state index is 0.179. The molecule has 0 fully saturated rings. The highest BCUT2D eigenvalue weighted by atomic mass is 32.2. The smallest absolute Gasteiger partial charge is 0.237 e. The number of hydrogen-bond donors (Lipinski definition) is 2. The number of amides is 1. The van der Waals surface area contributed by atoms with E-state index in [0.29, 0.717) is 17.6 Å². The van der Waals surface area contributed by atoms with E-state index in [1.807, 2.05) is 25.1 Å². The first-order chi connectivity index (χ1) is 11.1. The van der Waals surface area contributed by atoms with Gasteiger partial charge in [0, 0.05) is 12.1 Å². The van der Waals surface area contributed by atoms with Crippen molar-refractivity contribution < 1.29 is 14.1 Å². The standard InChI is InChI=1S/C15H16N4O3S/c1-3-21-10-4-5-11-12(7-10)17-15(16-11)23-8-13(20)18-14-6-9(2)19-22-14/h4-7H,3,8H2,1-2H3,(H,16,17)(H,18,20). The van der Waals surface area contributed by atoms with Gasteiger partial charge in [0.2, 0.25) is 11.8 Å². The molecule has 0 bridgehead atoms. The summed E-state index contributed by atoms with van der Waals surface area (Å²) in [6.45, 7) is 4.34. The Morgan fingerprint density at radius 3 is 3.04 bits per heavy atom. The first-order valence-electron chi connectivity index (χ1n) is 7.12. The van der Waals surface area contributed by atoms with Gasteiger partial charge in [0.05, 0.1) is 29.1 Å². The van der Waals surface area contributed by atoms with Gasteiger partial charge in [0.15, 0.2) is 5.16 Å². The van der Waals surface area contributed by atoms with Crippen LogP contribution in [0.25, 0.3) is 11.0 Å². The Hall–Kier alpha value is -2.48. The number of hydrogen-bond acceptors (Lipinski definition) is 6. The number of imidazole rings is 1. The average molecular weight is 332 g/mol. The van der Waals surface area contributed by atoms with E-state index >= 15 is 0 Å². The third-order valence-corrected chi connectivity index (χ3v) is 3.85. The van der Waals surface area contributed by atoms with Crippen molar-refractivity contribution in [3.63, 3.8) is 0 Å². The zero-order valence-corrected chi connectivity index (χ0v) is 13.6. The number of fused-ring (bicyclic) bond motifs is 1. The fraction of sp³-hybridized carbons (Fsp3) is 0.267. The lowest BCUT2D eigenvalue weighted by Crippen LogP contribution is -2.13. The number of rotatable bonds is 6. The van der Waals surface area contributed by atoms with E-state index in [1.165, 1.54) is 11.8 Å². The maximum absolute atomic E-state index is 11.9. The van der Waals surface area contributed by atoms with Crippen LogP contribution in [0.4, 0.5) is 5.88 Å². The second-order valence-electron chi connectivity index (χ2n) is 4.82. The number of aryl methyl sites for hydroxylation is 1. The largest absolute Gasteiger partial charge is 0.494 e. The van der Waals surface area contributed by atoms with Crippen LogP contribution >= 0.6 is 11.8 Å². The number of benzene rings is 1. The number of thioether (sulfide) groups is 1. The van der Waals surface area contributed by atoms with Gasteiger partial charge < -0.3 is 14.2 Å². The number of anilines is 1. The lowest BCUT2D eigenvalue weighted by molar-refractivity contribution is -0.113. The van der Waals surface area contributed by atoms with Crippen LogP contribution in [-0.2, 0) is 4.79 Å². The molecule has 0 aliphatic carbocycles. The molecule has 23 heavy (non-hydrogen) atoms. The molecule has 1 aromatic carbocycles. The van der Waals surface area contributed by atoms with Gasteiger partial charge in [-0.2, -0.15) is 0 Å². The zero-order valence-electron chi connectivity index (χ0n) is 12.8. The Kier molecular flexibility index (Phi) is 4.52. The third kappa shape index (κ3) is 3.84. The van der Waals surface area contributed by atoms with Gasteiger partial charge in [-0.3, -0.25) is 10.1 Å². The number of aromatic amines is 1. The first-order valence-corrected chi connectivity index (χ1v) is 8.11. The molecule has 2 N–H and O–H groups in total. The van der Waals surface area contributed by atoms with Crippen molar-refractivity contribution in [1.82, 2.24) is 15.1 Å². The quantitative estimate of drug-likeness (QED) is 0.674. The van der Waals surface area contributed by atoms with E-state index in [4.69, 9.17) is 9.26 Å². The second-order valence-corrected chi connectivity index (χ2v) is 5.79. The molecule has 0 atom stereocenters. The summed E-state index contributed by atoms with van der Waals surface area (Å²) in [4.78, 5) is 19.5. The van der Waals surface area contributed by atoms with Gasteiger partial charge in [-0.05, 0) is 26.0 Å². The highest BCUT2D eigenvalue weighted by Crippen LogP contribution is 2.23. The Balaban J connectivity index is 1.61. The van der Waals surface area contributed by atoms with Crippen molar-refractivity contribution in [2.75, 3.05) is 17.7 Å². The number of nitrogens with one attached hydrogen (secondary N) is 2. The summed E-state index contributed by atoms with van der Waals surface area (Å²) in [5.41, 5.74) is 2.43. The van der Waals surface area contributed by atoms with Crippen LogP contribution in [0, 0.1) is 6.92 Å². The molecular weight excluding hydrogens is 316 g/mol. The van der Waals surface area contributed by atoms with Crippen molar-refractivity contribution in [2.24, 2.45) is 0 Å². The fourth-order valence-corrected chi connectivity index (χ4v) is 2.71. The van der Waals surface area contributed by atoms with Crippen molar-refractivity contribution in [2.45, 2.75) is 19.0 Å². The van der Waals surface area contributed by atoms with Crippen LogP contribution < -0.4 is 10.1 Å². The molecule has 0 spiro atoms. The molecule has 2 heterocycles. The molecule has 2 aromatic heterocycles. The molecule has 0 unspecified atom stereocenters. The predicted molar refractivity (Wildman–Crippen MR) is 87.9 cm³/mol. The molecule has 0 saturated heterocycles. The van der Waals surface area contributed by atoms with Crippen molar-refractivity contribution in [3.8, 4) is 5.75 Å². The molecule has 0 radical (unpaired) electrons. The van der Waals surface area contributed by atoms with Crippen LogP contribution in [-0.4, -0.2) is 33.4 Å². The molecule has 8 heteroatoms. The van der Waals surface area contributed by atoms with Crippen LogP contribution in [0.15, 0.2) is 33.9 Å². The Labute approximate surface area is 136 Å². The summed E-state index contributed by atoms with van der Waals surface area (Å²) >= 11 is 1.32. The van der Waals surface area contributed by atoms with Crippen LogP contribution in [0.3, 0.4) is 0 Å². The third-order valence-electron chi connectivity index (χ3n) is 2.97. The molecule has 120 valence electrons. The van der Waals surface area contributed by atoms with E-state index in [0.717, 1.165) is 22.5 Å². The lowest BCUT2D eigenvalue weighted by atomic mass is 10.3. The van der Waals surface area contributed by atoms with Crippen LogP contribution in [0.1, 0.15) is 12.6 Å². The van der Waals surface area contributed by atoms with Gasteiger partial charge in [-0.25, -0.2) is 4.98 Å². The van der Waals surface area contributed by atoms with E-state index < -0.39 is 0 Å². The molecule has 3 aromatic rings. The highest BCUT2D eigenvalue weighted by Gasteiger charge is 2.10. The van der Waals surface area contributed by atoms with E-state index in [-0.39, 0.29) is 11.7 Å². The van der Waals surface area contributed by atoms with Gasteiger partial charge in [0.25, 0.3) is 0 Å². The summed E-state index contributed by atoms with van der Waals surface area (Å²) in [5, 5.41) is 7.03. The van der Waals surface area contributed by atoms with E-state index in [2.05, 4.69) is 20.4 Å². The fourth-order valence-electron chi connectivity index (χ4n) is 2.02. The number of ether oxygens (including phenoxy) is 1. The first kappa shape index (κ1) is 15.4. The Morgan fingerprint density at radius 1 is 1.43 bits per heavy atom. The lowest BCUT2D eigenvalue weighted by Gasteiger charge is -2.00. The number of H-pyrrole nitrogens is 1. The highest BCUT2D eigenvalue weighted by molar-refractivity contribution is 7.99. The van der Waals surface area contributed by atoms with Crippen molar-refractivity contribution in [1.29, 1.82) is 0 Å². The van der Waals surface area contributed by atoms with Crippen molar-refractivity contribution in [3.05, 3.63) is 30.0 Å². The molecule has 7 nitrogen and oxygen atoms in total. The monoisotopic (exact) mass is 332 g/mol. The van der Waals surface area contributed by atoms with E-state index in [9.17, 15) is 4.79 Å². The summed E-state index contributed by atoms with van der Waals surface area (Å²) in [6.07, 6.45) is 0. The molecule has 1 amide bonds. The maximum Gasteiger partial charge on any atom is 0.237 e. The molecule has 0 aliphatic heterocycles. The Bertz CT molecular complexity index is 827. The number of aromatic nitrogens is 3. The molecule has 0 saturated carbocycles. The number of carbonyl (C=O) groups excluding carboxylic acids is 1. The second kappa shape index (κ2) is 6.74. The minimum Gasteiger partial charge on any atom is -0.494 e. The van der Waals surface area contributed by atoms with E-state index in [1.54, 1.807) is 13.0 Å². The molecular formula is C15H16N4O3S. The summed E-state index contributed by atoms with van der Waals surface area (Å²) in [5.74, 6) is 1.18. The zero-order chi connectivity index (χ0) is 16.2. The minimum atomic E-state index is -0.179. The SMILES string of the molecule is CCOc1ccc2nc(SCC(=O)Nc3cc(C)no3)[nH]c2c1. The van der Waals surface area contributed by atoms with Crippen LogP contribution in [0.5, 0.6) is 5.75 Å². The summed E-state index contributed by atoms with van der Waals surface area (Å²) in [7, 11) is 0. The topological polar surface area (TPSA) is 93.0 Å². The van der Waals surface area contributed by atoms with Gasteiger partial charge >= 0.3 is 0 Å². The Morgan fingerprint density at radius 2 is 2.30 bits per heavy atom. The van der Waals surface area contributed by atoms with Gasteiger partial charge in [0.1, 0.15) is 5.75 Å². The maximum atomic E-state index is 11.9.